The third-order valence-corrected chi connectivity index (χ3v) is 3.18. The lowest BCUT2D eigenvalue weighted by atomic mass is 10.2. The Morgan fingerprint density at radius 1 is 1.46 bits per heavy atom. The van der Waals surface area contributed by atoms with Gasteiger partial charge in [-0.05, 0) is 35.1 Å². The minimum atomic E-state index is -4.24. The zero-order valence-electron chi connectivity index (χ0n) is 6.65. The van der Waals surface area contributed by atoms with Crippen molar-refractivity contribution in [1.82, 2.24) is 5.32 Å². The van der Waals surface area contributed by atoms with E-state index in [9.17, 15) is 13.2 Å². The number of hydrogen-bond acceptors (Lipinski definition) is 2. The molecule has 1 unspecified atom stereocenters. The Labute approximate surface area is 86.1 Å². The molecule has 1 nitrogen and oxygen atoms in total. The molecule has 1 N–H and O–H groups in total. The van der Waals surface area contributed by atoms with Crippen LogP contribution in [0.2, 0.25) is 0 Å². The molecule has 1 aromatic heterocycles. The van der Waals surface area contributed by atoms with Gasteiger partial charge in [-0.15, -0.1) is 11.3 Å². The molecule has 1 atom stereocenters. The molecule has 0 fully saturated rings. The lowest BCUT2D eigenvalue weighted by Crippen LogP contribution is -2.30. The Balaban J connectivity index is 2.91. The molecule has 0 spiro atoms. The molecule has 74 valence electrons. The second-order valence-electron chi connectivity index (χ2n) is 2.41. The molecule has 0 saturated carbocycles. The van der Waals surface area contributed by atoms with Crippen molar-refractivity contribution < 1.29 is 13.2 Å². The van der Waals surface area contributed by atoms with E-state index in [1.54, 1.807) is 6.07 Å². The van der Waals surface area contributed by atoms with Gasteiger partial charge < -0.3 is 5.32 Å². The quantitative estimate of drug-likeness (QED) is 0.872. The summed E-state index contributed by atoms with van der Waals surface area (Å²) in [6, 6.07) is 1.50. The van der Waals surface area contributed by atoms with Crippen LogP contribution in [0, 0.1) is 0 Å². The van der Waals surface area contributed by atoms with Gasteiger partial charge in [-0.1, -0.05) is 0 Å². The maximum absolute atomic E-state index is 12.3. The van der Waals surface area contributed by atoms with Gasteiger partial charge in [-0.2, -0.15) is 13.2 Å². The highest BCUT2D eigenvalue weighted by Crippen LogP contribution is 2.37. The van der Waals surface area contributed by atoms with Crippen molar-refractivity contribution in [2.75, 3.05) is 7.05 Å². The van der Waals surface area contributed by atoms with Gasteiger partial charge in [0, 0.05) is 4.88 Å². The van der Waals surface area contributed by atoms with Crippen molar-refractivity contribution in [3.8, 4) is 0 Å². The van der Waals surface area contributed by atoms with Crippen LogP contribution in [-0.2, 0) is 0 Å². The van der Waals surface area contributed by atoms with Crippen molar-refractivity contribution in [2.45, 2.75) is 12.2 Å². The Morgan fingerprint density at radius 2 is 2.08 bits per heavy atom. The summed E-state index contributed by atoms with van der Waals surface area (Å²) in [6.45, 7) is 0. The van der Waals surface area contributed by atoms with Gasteiger partial charge in [-0.3, -0.25) is 0 Å². The number of nitrogens with one attached hydrogen (secondary N) is 1. The number of thiophene rings is 1. The molecule has 13 heavy (non-hydrogen) atoms. The molecule has 0 bridgehead atoms. The molecular formula is C7H7BrF3NS. The van der Waals surface area contributed by atoms with Crippen molar-refractivity contribution >= 4 is 27.3 Å². The Morgan fingerprint density at radius 3 is 2.38 bits per heavy atom. The van der Waals surface area contributed by atoms with Crippen molar-refractivity contribution in [1.29, 1.82) is 0 Å². The van der Waals surface area contributed by atoms with E-state index in [4.69, 9.17) is 0 Å². The van der Waals surface area contributed by atoms with E-state index >= 15 is 0 Å². The fourth-order valence-electron chi connectivity index (χ4n) is 0.951. The molecule has 0 aromatic carbocycles. The zero-order chi connectivity index (χ0) is 10.1. The highest BCUT2D eigenvalue weighted by molar-refractivity contribution is 9.11. The predicted octanol–water partition coefficient (Wildman–Crippen LogP) is 3.33. The lowest BCUT2D eigenvalue weighted by molar-refractivity contribution is -0.155. The molecule has 0 amide bonds. The highest BCUT2D eigenvalue weighted by atomic mass is 79.9. The summed E-state index contributed by atoms with van der Waals surface area (Å²) in [5.74, 6) is 0. The molecule has 1 heterocycles. The van der Waals surface area contributed by atoms with Crippen molar-refractivity contribution in [2.24, 2.45) is 0 Å². The fourth-order valence-corrected chi connectivity index (χ4v) is 2.51. The van der Waals surface area contributed by atoms with Crippen LogP contribution in [0.3, 0.4) is 0 Å². The van der Waals surface area contributed by atoms with Gasteiger partial charge in [0.1, 0.15) is 6.04 Å². The summed E-state index contributed by atoms with van der Waals surface area (Å²) in [5.41, 5.74) is 0. The first-order valence-electron chi connectivity index (χ1n) is 3.44. The molecule has 1 rings (SSSR count). The average Bonchev–Trinajstić information content (AvgIpc) is 2.34. The van der Waals surface area contributed by atoms with Gasteiger partial charge in [0.2, 0.25) is 0 Å². The first kappa shape index (κ1) is 11.0. The van der Waals surface area contributed by atoms with Gasteiger partial charge in [0.05, 0.1) is 3.79 Å². The van der Waals surface area contributed by atoms with Crippen molar-refractivity contribution in [3.05, 3.63) is 20.8 Å². The molecule has 0 aliphatic heterocycles. The van der Waals surface area contributed by atoms with E-state index < -0.39 is 12.2 Å². The molecule has 0 aliphatic rings. The van der Waals surface area contributed by atoms with Gasteiger partial charge in [-0.25, -0.2) is 0 Å². The normalized spacial score (nSPS) is 14.5. The van der Waals surface area contributed by atoms with E-state index in [0.717, 1.165) is 11.3 Å². The topological polar surface area (TPSA) is 12.0 Å². The summed E-state index contributed by atoms with van der Waals surface area (Å²) in [6.07, 6.45) is -4.24. The van der Waals surface area contributed by atoms with Gasteiger partial charge >= 0.3 is 6.18 Å². The van der Waals surface area contributed by atoms with E-state index in [1.807, 2.05) is 0 Å². The second-order valence-corrected chi connectivity index (χ2v) is 4.90. The summed E-state index contributed by atoms with van der Waals surface area (Å²) < 4.78 is 37.7. The summed E-state index contributed by atoms with van der Waals surface area (Å²) >= 11 is 4.20. The second kappa shape index (κ2) is 3.98. The van der Waals surface area contributed by atoms with Gasteiger partial charge in [0.15, 0.2) is 0 Å². The Hall–Kier alpha value is -0.0700. The van der Waals surface area contributed by atoms with E-state index in [2.05, 4.69) is 21.2 Å². The van der Waals surface area contributed by atoms with E-state index in [-0.39, 0.29) is 4.88 Å². The van der Waals surface area contributed by atoms with Crippen LogP contribution >= 0.6 is 27.3 Å². The van der Waals surface area contributed by atoms with Crippen molar-refractivity contribution in [3.63, 3.8) is 0 Å². The minimum Gasteiger partial charge on any atom is -0.305 e. The van der Waals surface area contributed by atoms with E-state index in [1.165, 1.54) is 13.1 Å². The van der Waals surface area contributed by atoms with Crippen LogP contribution in [0.15, 0.2) is 15.9 Å². The van der Waals surface area contributed by atoms with Crippen LogP contribution in [0.25, 0.3) is 0 Å². The minimum absolute atomic E-state index is 0.266. The number of halogens is 4. The fraction of sp³-hybridized carbons (Fsp3) is 0.429. The number of hydrogen-bond donors (Lipinski definition) is 1. The maximum atomic E-state index is 12.3. The number of rotatable bonds is 2. The smallest absolute Gasteiger partial charge is 0.305 e. The van der Waals surface area contributed by atoms with Crippen LogP contribution in [-0.4, -0.2) is 13.2 Å². The standard InChI is InChI=1S/C7H7BrF3NS/c1-12-6(7(9,10)11)4-2-3-5(8)13-4/h2-3,6,12H,1H3. The Kier molecular flexibility index (Phi) is 3.37. The SMILES string of the molecule is CNC(c1ccc(Br)s1)C(F)(F)F. The third kappa shape index (κ3) is 2.69. The molecule has 6 heteroatoms. The monoisotopic (exact) mass is 273 g/mol. The molecular weight excluding hydrogens is 267 g/mol. The summed E-state index contributed by atoms with van der Waals surface area (Å²) in [4.78, 5) is 0.266. The number of alkyl halides is 3. The highest BCUT2D eigenvalue weighted by Gasteiger charge is 2.40. The van der Waals surface area contributed by atoms with Crippen LogP contribution in [0.4, 0.5) is 13.2 Å². The lowest BCUT2D eigenvalue weighted by Gasteiger charge is -2.17. The largest absolute Gasteiger partial charge is 0.408 e. The third-order valence-electron chi connectivity index (χ3n) is 1.49. The summed E-state index contributed by atoms with van der Waals surface area (Å²) in [7, 11) is 1.30. The van der Waals surface area contributed by atoms with Gasteiger partial charge in [0.25, 0.3) is 0 Å². The Bertz CT molecular complexity index is 284. The molecule has 0 radical (unpaired) electrons. The first-order chi connectivity index (χ1) is 5.95. The van der Waals surface area contributed by atoms with Crippen LogP contribution < -0.4 is 5.32 Å². The van der Waals surface area contributed by atoms with E-state index in [0.29, 0.717) is 3.79 Å². The zero-order valence-corrected chi connectivity index (χ0v) is 9.05. The molecule has 1 aromatic rings. The summed E-state index contributed by atoms with van der Waals surface area (Å²) in [5, 5.41) is 2.24. The maximum Gasteiger partial charge on any atom is 0.408 e. The predicted molar refractivity (Wildman–Crippen MR) is 49.9 cm³/mol. The molecule has 0 saturated heterocycles. The van der Waals surface area contributed by atoms with Crippen LogP contribution in [0.5, 0.6) is 0 Å². The molecule has 0 aliphatic carbocycles. The first-order valence-corrected chi connectivity index (χ1v) is 5.05. The van der Waals surface area contributed by atoms with Crippen LogP contribution in [0.1, 0.15) is 10.9 Å². The average molecular weight is 274 g/mol.